The highest BCUT2D eigenvalue weighted by atomic mass is 32.1. The van der Waals surface area contributed by atoms with Gasteiger partial charge in [-0.15, -0.1) is 11.3 Å². The lowest BCUT2D eigenvalue weighted by Crippen LogP contribution is -3.16. The molecule has 0 radical (unpaired) electrons. The Balaban J connectivity index is 1.51. The molecule has 0 spiro atoms. The first-order valence-corrected chi connectivity index (χ1v) is 10.1. The summed E-state index contributed by atoms with van der Waals surface area (Å²) in [4.78, 5) is 37.4. The second-order valence-electron chi connectivity index (χ2n) is 6.70. The zero-order valence-electron chi connectivity index (χ0n) is 15.3. The van der Waals surface area contributed by atoms with Gasteiger partial charge in [-0.1, -0.05) is 6.07 Å². The van der Waals surface area contributed by atoms with Gasteiger partial charge in [-0.05, 0) is 37.6 Å². The van der Waals surface area contributed by atoms with Gasteiger partial charge in [0, 0.05) is 13.0 Å². The maximum absolute atomic E-state index is 11.8. The van der Waals surface area contributed by atoms with E-state index >= 15 is 0 Å². The number of thiophene rings is 1. The Hall–Kier alpha value is -1.93. The van der Waals surface area contributed by atoms with Crippen LogP contribution in [0.15, 0.2) is 17.5 Å². The monoisotopic (exact) mass is 381 g/mol. The molecule has 0 aromatic carbocycles. The average molecular weight is 382 g/mol. The summed E-state index contributed by atoms with van der Waals surface area (Å²) in [5.41, 5.74) is 0. The first-order chi connectivity index (χ1) is 12.6. The van der Waals surface area contributed by atoms with Crippen molar-refractivity contribution in [3.8, 4) is 0 Å². The van der Waals surface area contributed by atoms with Crippen molar-refractivity contribution in [1.82, 2.24) is 16.0 Å². The van der Waals surface area contributed by atoms with Crippen molar-refractivity contribution in [2.75, 3.05) is 32.7 Å². The minimum atomic E-state index is -0.378. The Labute approximate surface area is 158 Å². The Morgan fingerprint density at radius 1 is 1.15 bits per heavy atom. The van der Waals surface area contributed by atoms with E-state index in [-0.39, 0.29) is 30.8 Å². The number of nitrogens with one attached hydrogen (secondary N) is 4. The van der Waals surface area contributed by atoms with Gasteiger partial charge in [-0.2, -0.15) is 0 Å². The summed E-state index contributed by atoms with van der Waals surface area (Å²) < 4.78 is 0. The quantitative estimate of drug-likeness (QED) is 0.437. The number of hydrogen-bond donors (Lipinski definition) is 4. The fraction of sp³-hybridized carbons (Fsp3) is 0.611. The summed E-state index contributed by atoms with van der Waals surface area (Å²) in [7, 11) is 0. The minimum Gasteiger partial charge on any atom is -0.354 e. The maximum atomic E-state index is 11.8. The van der Waals surface area contributed by atoms with Gasteiger partial charge < -0.3 is 20.9 Å². The molecule has 0 aliphatic carbocycles. The Kier molecular flexibility index (Phi) is 8.57. The number of piperidine rings is 1. The van der Waals surface area contributed by atoms with Crippen molar-refractivity contribution in [2.45, 2.75) is 38.6 Å². The normalized spacial score (nSPS) is 19.6. The van der Waals surface area contributed by atoms with Gasteiger partial charge in [0.2, 0.25) is 11.8 Å². The second kappa shape index (κ2) is 10.9. The van der Waals surface area contributed by atoms with E-state index < -0.39 is 0 Å². The molecule has 0 bridgehead atoms. The summed E-state index contributed by atoms with van der Waals surface area (Å²) in [6.45, 7) is 5.01. The molecule has 3 amide bonds. The van der Waals surface area contributed by atoms with Crippen LogP contribution in [0.25, 0.3) is 0 Å². The average Bonchev–Trinajstić information content (AvgIpc) is 3.17. The number of rotatable bonds is 9. The van der Waals surface area contributed by atoms with Crippen molar-refractivity contribution in [3.05, 3.63) is 22.4 Å². The molecular weight excluding hydrogens is 352 g/mol. The van der Waals surface area contributed by atoms with E-state index in [0.29, 0.717) is 17.5 Å². The largest absolute Gasteiger partial charge is 0.354 e. The summed E-state index contributed by atoms with van der Waals surface area (Å²) in [6.07, 6.45) is 4.85. The molecule has 8 heteroatoms. The van der Waals surface area contributed by atoms with E-state index in [0.717, 1.165) is 13.0 Å². The molecular formula is C18H29N4O3S+. The number of quaternary nitrogens is 1. The van der Waals surface area contributed by atoms with Crippen LogP contribution < -0.4 is 20.9 Å². The smallest absolute Gasteiger partial charge is 0.261 e. The lowest BCUT2D eigenvalue weighted by Gasteiger charge is -2.30. The zero-order valence-corrected chi connectivity index (χ0v) is 16.1. The number of hydrogen-bond acceptors (Lipinski definition) is 4. The van der Waals surface area contributed by atoms with Crippen molar-refractivity contribution >= 4 is 29.1 Å². The number of carbonyl (C=O) groups is 3. The third kappa shape index (κ3) is 7.13. The fourth-order valence-corrected chi connectivity index (χ4v) is 3.77. The molecule has 7 nitrogen and oxygen atoms in total. The van der Waals surface area contributed by atoms with Crippen LogP contribution in [0.3, 0.4) is 0 Å². The highest BCUT2D eigenvalue weighted by Gasteiger charge is 2.20. The SMILES string of the molecule is C[C@H]1CCCC[NH+]1CCCNC(=O)CNC(=O)CNC(=O)c1cccs1. The first-order valence-electron chi connectivity index (χ1n) is 9.26. The summed E-state index contributed by atoms with van der Waals surface area (Å²) in [5, 5.41) is 9.66. The van der Waals surface area contributed by atoms with Crippen molar-refractivity contribution in [1.29, 1.82) is 0 Å². The van der Waals surface area contributed by atoms with E-state index in [2.05, 4.69) is 22.9 Å². The lowest BCUT2D eigenvalue weighted by molar-refractivity contribution is -0.928. The number of likely N-dealkylation sites (tertiary alicyclic amines) is 1. The molecule has 2 heterocycles. The topological polar surface area (TPSA) is 91.7 Å². The molecule has 1 saturated heterocycles. The van der Waals surface area contributed by atoms with Crippen LogP contribution in [-0.2, 0) is 9.59 Å². The fourth-order valence-electron chi connectivity index (χ4n) is 3.13. The molecule has 144 valence electrons. The van der Waals surface area contributed by atoms with Crippen molar-refractivity contribution in [2.24, 2.45) is 0 Å². The molecule has 2 rings (SSSR count). The summed E-state index contributed by atoms with van der Waals surface area (Å²) in [5.74, 6) is -0.865. The van der Waals surface area contributed by atoms with Gasteiger partial charge >= 0.3 is 0 Å². The van der Waals surface area contributed by atoms with Gasteiger partial charge in [0.15, 0.2) is 0 Å². The van der Waals surface area contributed by atoms with Gasteiger partial charge in [0.05, 0.1) is 37.1 Å². The Morgan fingerprint density at radius 2 is 1.92 bits per heavy atom. The molecule has 1 aliphatic heterocycles. The molecule has 1 aromatic rings. The summed E-state index contributed by atoms with van der Waals surface area (Å²) >= 11 is 1.31. The zero-order chi connectivity index (χ0) is 18.8. The molecule has 26 heavy (non-hydrogen) atoms. The Bertz CT molecular complexity index is 591. The van der Waals surface area contributed by atoms with Crippen molar-refractivity contribution in [3.63, 3.8) is 0 Å². The number of amides is 3. The first kappa shape index (κ1) is 20.4. The van der Waals surface area contributed by atoms with Crippen LogP contribution in [0, 0.1) is 0 Å². The highest BCUT2D eigenvalue weighted by molar-refractivity contribution is 7.12. The molecule has 1 unspecified atom stereocenters. The van der Waals surface area contributed by atoms with E-state index in [9.17, 15) is 14.4 Å². The highest BCUT2D eigenvalue weighted by Crippen LogP contribution is 2.07. The molecule has 0 saturated carbocycles. The van der Waals surface area contributed by atoms with E-state index in [1.165, 1.54) is 37.1 Å². The molecule has 1 aromatic heterocycles. The van der Waals surface area contributed by atoms with Crippen LogP contribution in [0.1, 0.15) is 42.3 Å². The maximum Gasteiger partial charge on any atom is 0.261 e. The van der Waals surface area contributed by atoms with Crippen LogP contribution in [0.2, 0.25) is 0 Å². The summed E-state index contributed by atoms with van der Waals surface area (Å²) in [6, 6.07) is 4.18. The van der Waals surface area contributed by atoms with E-state index in [1.54, 1.807) is 22.4 Å². The molecule has 2 atom stereocenters. The molecule has 1 aliphatic rings. The number of carbonyl (C=O) groups excluding carboxylic acids is 3. The minimum absolute atomic E-state index is 0.0688. The predicted octanol–water partition coefficient (Wildman–Crippen LogP) is -0.442. The third-order valence-electron chi connectivity index (χ3n) is 4.68. The second-order valence-corrected chi connectivity index (χ2v) is 7.64. The molecule has 4 N–H and O–H groups in total. The van der Waals surface area contributed by atoms with Crippen LogP contribution in [-0.4, -0.2) is 56.5 Å². The van der Waals surface area contributed by atoms with Crippen LogP contribution in [0.5, 0.6) is 0 Å². The van der Waals surface area contributed by atoms with Gasteiger partial charge in [-0.3, -0.25) is 14.4 Å². The van der Waals surface area contributed by atoms with Crippen LogP contribution in [0.4, 0.5) is 0 Å². The van der Waals surface area contributed by atoms with Gasteiger partial charge in [-0.25, -0.2) is 0 Å². The van der Waals surface area contributed by atoms with E-state index in [4.69, 9.17) is 0 Å². The van der Waals surface area contributed by atoms with Gasteiger partial charge in [0.1, 0.15) is 0 Å². The third-order valence-corrected chi connectivity index (χ3v) is 5.55. The predicted molar refractivity (Wildman–Crippen MR) is 101 cm³/mol. The van der Waals surface area contributed by atoms with Crippen molar-refractivity contribution < 1.29 is 19.3 Å². The molecule has 1 fully saturated rings. The van der Waals surface area contributed by atoms with Crippen LogP contribution >= 0.6 is 11.3 Å². The Morgan fingerprint density at radius 3 is 2.65 bits per heavy atom. The van der Waals surface area contributed by atoms with E-state index in [1.807, 2.05) is 0 Å². The van der Waals surface area contributed by atoms with Gasteiger partial charge in [0.25, 0.3) is 5.91 Å². The standard InChI is InChI=1S/C18H28N4O3S/c1-14-6-2-3-9-22(14)10-5-8-19-16(23)12-20-17(24)13-21-18(25)15-7-4-11-26-15/h4,7,11,14H,2-3,5-6,8-10,12-13H2,1H3,(H,19,23)(H,20,24)(H,21,25)/p+1/t14-/m0/s1. The lowest BCUT2D eigenvalue weighted by atomic mass is 10.0.